The molecule has 0 bridgehead atoms. The fraction of sp³-hybridized carbons (Fsp3) is 0.304. The van der Waals surface area contributed by atoms with Crippen molar-refractivity contribution in [3.63, 3.8) is 0 Å². The molecule has 0 radical (unpaired) electrons. The van der Waals surface area contributed by atoms with Crippen LogP contribution in [0.4, 0.5) is 0 Å². The second-order valence-electron chi connectivity index (χ2n) is 7.53. The number of carbonyl (C=O) groups excluding carboxylic acids is 1. The number of aryl methyl sites for hydroxylation is 1. The van der Waals surface area contributed by atoms with Crippen LogP contribution in [0, 0.1) is 12.8 Å². The number of aromatic nitrogens is 3. The zero-order chi connectivity index (χ0) is 20.8. The van der Waals surface area contributed by atoms with Crippen molar-refractivity contribution in [2.45, 2.75) is 39.7 Å². The monoisotopic (exact) mass is 390 g/mol. The number of aromatic amines is 1. The number of pyridine rings is 1. The van der Waals surface area contributed by atoms with Gasteiger partial charge >= 0.3 is 0 Å². The third-order valence-corrected chi connectivity index (χ3v) is 4.71. The molecular formula is C23H26N4O2. The minimum atomic E-state index is -0.312. The van der Waals surface area contributed by atoms with Gasteiger partial charge in [-0.2, -0.15) is 0 Å². The van der Waals surface area contributed by atoms with Crippen LogP contribution in [0.2, 0.25) is 0 Å². The highest BCUT2D eigenvalue weighted by molar-refractivity contribution is 5.79. The van der Waals surface area contributed by atoms with Crippen LogP contribution >= 0.6 is 0 Å². The molecule has 0 unspecified atom stereocenters. The first-order valence-corrected chi connectivity index (χ1v) is 9.79. The summed E-state index contributed by atoms with van der Waals surface area (Å²) >= 11 is 0. The molecule has 2 N–H and O–H groups in total. The maximum atomic E-state index is 12.7. The molecule has 3 rings (SSSR count). The average Bonchev–Trinajstić information content (AvgIpc) is 2.71. The van der Waals surface area contributed by atoms with Gasteiger partial charge in [0.05, 0.1) is 12.5 Å². The molecule has 0 saturated carbocycles. The number of H-pyrrole nitrogens is 1. The number of benzene rings is 1. The summed E-state index contributed by atoms with van der Waals surface area (Å²) in [7, 11) is 0. The van der Waals surface area contributed by atoms with E-state index in [1.807, 2.05) is 36.4 Å². The van der Waals surface area contributed by atoms with E-state index in [1.165, 1.54) is 0 Å². The third-order valence-electron chi connectivity index (χ3n) is 4.71. The van der Waals surface area contributed by atoms with E-state index in [4.69, 9.17) is 0 Å². The quantitative estimate of drug-likeness (QED) is 0.645. The number of nitrogens with zero attached hydrogens (tertiary/aromatic N) is 2. The molecule has 3 aromatic rings. The van der Waals surface area contributed by atoms with Crippen LogP contribution in [-0.2, 0) is 11.2 Å². The average molecular weight is 390 g/mol. The van der Waals surface area contributed by atoms with Gasteiger partial charge in [0, 0.05) is 17.5 Å². The van der Waals surface area contributed by atoms with Gasteiger partial charge in [0.2, 0.25) is 5.91 Å². The zero-order valence-electron chi connectivity index (χ0n) is 17.0. The molecule has 0 saturated heterocycles. The molecule has 0 aliphatic rings. The van der Waals surface area contributed by atoms with E-state index in [2.05, 4.69) is 34.1 Å². The molecule has 29 heavy (non-hydrogen) atoms. The Hall–Kier alpha value is -3.28. The number of carbonyl (C=O) groups is 1. The van der Waals surface area contributed by atoms with Crippen molar-refractivity contribution < 1.29 is 4.79 Å². The lowest BCUT2D eigenvalue weighted by molar-refractivity contribution is -0.121. The van der Waals surface area contributed by atoms with Crippen molar-refractivity contribution >= 4 is 5.91 Å². The molecular weight excluding hydrogens is 364 g/mol. The largest absolute Gasteiger partial charge is 0.349 e. The zero-order valence-corrected chi connectivity index (χ0v) is 17.0. The number of rotatable bonds is 7. The molecule has 2 heterocycles. The van der Waals surface area contributed by atoms with Gasteiger partial charge in [0.1, 0.15) is 5.69 Å². The van der Waals surface area contributed by atoms with Gasteiger partial charge in [0.15, 0.2) is 5.82 Å². The summed E-state index contributed by atoms with van der Waals surface area (Å²) in [5.74, 6) is 0.629. The summed E-state index contributed by atoms with van der Waals surface area (Å²) in [4.78, 5) is 36.7. The lowest BCUT2D eigenvalue weighted by Gasteiger charge is -2.21. The molecule has 150 valence electrons. The highest BCUT2D eigenvalue weighted by Gasteiger charge is 2.19. The van der Waals surface area contributed by atoms with Crippen molar-refractivity contribution in [1.29, 1.82) is 0 Å². The Morgan fingerprint density at radius 3 is 2.45 bits per heavy atom. The first-order valence-electron chi connectivity index (χ1n) is 9.79. The van der Waals surface area contributed by atoms with Crippen molar-refractivity contribution in [2.24, 2.45) is 5.92 Å². The van der Waals surface area contributed by atoms with E-state index in [0.29, 0.717) is 28.7 Å². The highest BCUT2D eigenvalue weighted by Crippen LogP contribution is 2.21. The molecule has 6 heteroatoms. The summed E-state index contributed by atoms with van der Waals surface area (Å²) in [6, 6.07) is 15.2. The lowest BCUT2D eigenvalue weighted by atomic mass is 9.96. The minimum absolute atomic E-state index is 0.0158. The Morgan fingerprint density at radius 1 is 1.10 bits per heavy atom. The standard InChI is InChI=1S/C23H26N4O2/c1-15(2)13-20(17-9-5-4-6-10-17)26-21(28)14-18-16(3)25-22(27-23(18)29)19-11-7-8-12-24-19/h4-12,15,20H,13-14H2,1-3H3,(H,26,28)(H,25,27,29)/t20-/m0/s1. The Morgan fingerprint density at radius 2 is 1.83 bits per heavy atom. The van der Waals surface area contributed by atoms with Gasteiger partial charge in [-0.15, -0.1) is 0 Å². The minimum Gasteiger partial charge on any atom is -0.349 e. The van der Waals surface area contributed by atoms with Gasteiger partial charge in [-0.1, -0.05) is 50.2 Å². The van der Waals surface area contributed by atoms with E-state index < -0.39 is 0 Å². The fourth-order valence-electron chi connectivity index (χ4n) is 3.28. The molecule has 0 spiro atoms. The second-order valence-corrected chi connectivity index (χ2v) is 7.53. The van der Waals surface area contributed by atoms with Crippen LogP contribution in [0.15, 0.2) is 59.5 Å². The highest BCUT2D eigenvalue weighted by atomic mass is 16.2. The first kappa shape index (κ1) is 20.5. The molecule has 2 aromatic heterocycles. The normalized spacial score (nSPS) is 12.0. The van der Waals surface area contributed by atoms with Crippen LogP contribution in [0.3, 0.4) is 0 Å². The van der Waals surface area contributed by atoms with Crippen LogP contribution in [-0.4, -0.2) is 20.9 Å². The van der Waals surface area contributed by atoms with Crippen LogP contribution in [0.5, 0.6) is 0 Å². The molecule has 6 nitrogen and oxygen atoms in total. The maximum Gasteiger partial charge on any atom is 0.255 e. The summed E-state index contributed by atoms with van der Waals surface area (Å²) in [5.41, 5.74) is 2.24. The first-order chi connectivity index (χ1) is 13.9. The van der Waals surface area contributed by atoms with Gasteiger partial charge in [-0.3, -0.25) is 14.6 Å². The predicted octanol–water partition coefficient (Wildman–Crippen LogP) is 3.59. The van der Waals surface area contributed by atoms with E-state index in [0.717, 1.165) is 12.0 Å². The summed E-state index contributed by atoms with van der Waals surface area (Å²) in [6.45, 7) is 5.99. The van der Waals surface area contributed by atoms with Gasteiger partial charge in [-0.05, 0) is 37.0 Å². The Bertz CT molecular complexity index is 1010. The molecule has 1 atom stereocenters. The number of amides is 1. The Balaban J connectivity index is 1.78. The van der Waals surface area contributed by atoms with Crippen molar-refractivity contribution in [2.75, 3.05) is 0 Å². The molecule has 0 aliphatic carbocycles. The number of nitrogens with one attached hydrogen (secondary N) is 2. The summed E-state index contributed by atoms with van der Waals surface area (Å²) in [6.07, 6.45) is 2.45. The SMILES string of the molecule is Cc1nc(-c2ccccn2)[nH]c(=O)c1CC(=O)N[C@@H](CC(C)C)c1ccccc1. The van der Waals surface area contributed by atoms with E-state index >= 15 is 0 Å². The molecule has 0 aliphatic heterocycles. The molecule has 0 fully saturated rings. The Labute approximate surface area is 170 Å². The van der Waals surface area contributed by atoms with E-state index in [1.54, 1.807) is 25.3 Å². The van der Waals surface area contributed by atoms with E-state index in [9.17, 15) is 9.59 Å². The molecule has 1 aromatic carbocycles. The second kappa shape index (κ2) is 9.28. The molecule has 1 amide bonds. The number of hydrogen-bond donors (Lipinski definition) is 2. The van der Waals surface area contributed by atoms with Crippen molar-refractivity contribution in [3.05, 3.63) is 81.9 Å². The van der Waals surface area contributed by atoms with Crippen LogP contribution in [0.1, 0.15) is 43.1 Å². The number of hydrogen-bond acceptors (Lipinski definition) is 4. The smallest absolute Gasteiger partial charge is 0.255 e. The van der Waals surface area contributed by atoms with Crippen LogP contribution in [0.25, 0.3) is 11.5 Å². The van der Waals surface area contributed by atoms with Gasteiger partial charge < -0.3 is 10.3 Å². The van der Waals surface area contributed by atoms with E-state index in [-0.39, 0.29) is 23.9 Å². The lowest BCUT2D eigenvalue weighted by Crippen LogP contribution is -2.33. The third kappa shape index (κ3) is 5.38. The Kier molecular flexibility index (Phi) is 6.54. The fourth-order valence-corrected chi connectivity index (χ4v) is 3.28. The topological polar surface area (TPSA) is 87.7 Å². The maximum absolute atomic E-state index is 12.7. The van der Waals surface area contributed by atoms with Crippen LogP contribution < -0.4 is 10.9 Å². The predicted molar refractivity (Wildman–Crippen MR) is 113 cm³/mol. The van der Waals surface area contributed by atoms with Gasteiger partial charge in [-0.25, -0.2) is 4.98 Å². The summed E-state index contributed by atoms with van der Waals surface area (Å²) < 4.78 is 0. The van der Waals surface area contributed by atoms with Gasteiger partial charge in [0.25, 0.3) is 5.56 Å². The summed E-state index contributed by atoms with van der Waals surface area (Å²) in [5, 5.41) is 3.08. The van der Waals surface area contributed by atoms with Crippen molar-refractivity contribution in [1.82, 2.24) is 20.3 Å². The van der Waals surface area contributed by atoms with Crippen molar-refractivity contribution in [3.8, 4) is 11.5 Å².